The van der Waals surface area contributed by atoms with Crippen molar-refractivity contribution in [1.82, 2.24) is 5.32 Å². The van der Waals surface area contributed by atoms with Crippen LogP contribution in [0, 0.1) is 6.92 Å². The van der Waals surface area contributed by atoms with Gasteiger partial charge in [0.25, 0.3) is 11.8 Å². The molecule has 2 N–H and O–H groups in total. The van der Waals surface area contributed by atoms with E-state index < -0.39 is 0 Å². The van der Waals surface area contributed by atoms with Gasteiger partial charge in [-0.1, -0.05) is 18.2 Å². The van der Waals surface area contributed by atoms with E-state index in [4.69, 9.17) is 0 Å². The molecule has 0 bridgehead atoms. The van der Waals surface area contributed by atoms with E-state index in [2.05, 4.69) is 10.6 Å². The average molecular weight is 394 g/mol. The smallest absolute Gasteiger partial charge is 0.261 e. The Morgan fingerprint density at radius 2 is 1.75 bits per heavy atom. The molecule has 6 heteroatoms. The van der Waals surface area contributed by atoms with Crippen molar-refractivity contribution in [3.63, 3.8) is 0 Å². The lowest BCUT2D eigenvalue weighted by Crippen LogP contribution is -2.21. The zero-order valence-corrected chi connectivity index (χ0v) is 17.0. The van der Waals surface area contributed by atoms with Crippen molar-refractivity contribution in [3.05, 3.63) is 81.5 Å². The van der Waals surface area contributed by atoms with Crippen LogP contribution in [0.3, 0.4) is 0 Å². The first-order valence-corrected chi connectivity index (χ1v) is 9.82. The van der Waals surface area contributed by atoms with Crippen molar-refractivity contribution >= 4 is 34.5 Å². The predicted molar refractivity (Wildman–Crippen MR) is 115 cm³/mol. The molecule has 0 aliphatic rings. The van der Waals surface area contributed by atoms with E-state index in [1.54, 1.807) is 18.2 Å². The summed E-state index contributed by atoms with van der Waals surface area (Å²) < 4.78 is 0. The Kier molecular flexibility index (Phi) is 6.11. The molecular weight excluding hydrogens is 370 g/mol. The van der Waals surface area contributed by atoms with E-state index in [9.17, 15) is 9.59 Å². The van der Waals surface area contributed by atoms with Gasteiger partial charge in [0.1, 0.15) is 0 Å². The number of aryl methyl sites for hydroxylation is 1. The Labute approximate surface area is 169 Å². The van der Waals surface area contributed by atoms with E-state index >= 15 is 0 Å². The molecule has 0 unspecified atom stereocenters. The van der Waals surface area contributed by atoms with Crippen LogP contribution >= 0.6 is 11.3 Å². The Morgan fingerprint density at radius 1 is 1.00 bits per heavy atom. The van der Waals surface area contributed by atoms with Gasteiger partial charge in [-0.3, -0.25) is 9.59 Å². The summed E-state index contributed by atoms with van der Waals surface area (Å²) in [6.45, 7) is 2.44. The highest BCUT2D eigenvalue weighted by molar-refractivity contribution is 7.12. The highest BCUT2D eigenvalue weighted by atomic mass is 32.1. The number of hydrogen-bond acceptors (Lipinski definition) is 4. The van der Waals surface area contributed by atoms with Gasteiger partial charge < -0.3 is 15.5 Å². The summed E-state index contributed by atoms with van der Waals surface area (Å²) in [6.07, 6.45) is 0. The molecule has 28 heavy (non-hydrogen) atoms. The van der Waals surface area contributed by atoms with E-state index in [-0.39, 0.29) is 11.8 Å². The first-order chi connectivity index (χ1) is 13.4. The minimum Gasteiger partial charge on any atom is -0.377 e. The molecule has 3 rings (SSSR count). The molecule has 0 aliphatic heterocycles. The summed E-state index contributed by atoms with van der Waals surface area (Å²) in [6, 6.07) is 16.7. The number of nitrogens with zero attached hydrogens (tertiary/aromatic N) is 1. The zero-order valence-electron chi connectivity index (χ0n) is 16.2. The molecule has 0 radical (unpaired) electrons. The first-order valence-electron chi connectivity index (χ1n) is 8.94. The van der Waals surface area contributed by atoms with Crippen LogP contribution in [-0.4, -0.2) is 25.9 Å². The number of thiophene rings is 1. The second-order valence-corrected chi connectivity index (χ2v) is 7.65. The normalized spacial score (nSPS) is 10.4. The quantitative estimate of drug-likeness (QED) is 0.656. The van der Waals surface area contributed by atoms with E-state index in [0.717, 1.165) is 22.5 Å². The fourth-order valence-corrected chi connectivity index (χ4v) is 3.53. The number of carbonyl (C=O) groups excluding carboxylic acids is 2. The Bertz CT molecular complexity index is 964. The molecule has 5 nitrogen and oxygen atoms in total. The third-order valence-electron chi connectivity index (χ3n) is 4.35. The second kappa shape index (κ2) is 8.71. The van der Waals surface area contributed by atoms with Gasteiger partial charge in [-0.05, 0) is 59.8 Å². The van der Waals surface area contributed by atoms with Crippen molar-refractivity contribution in [3.8, 4) is 0 Å². The minimum atomic E-state index is -0.161. The van der Waals surface area contributed by atoms with Gasteiger partial charge in [0, 0.05) is 37.6 Å². The van der Waals surface area contributed by atoms with Gasteiger partial charge in [0.05, 0.1) is 4.88 Å². The summed E-state index contributed by atoms with van der Waals surface area (Å²) in [5, 5.41) is 7.68. The number of amides is 2. The van der Waals surface area contributed by atoms with Crippen molar-refractivity contribution in [1.29, 1.82) is 0 Å². The third-order valence-corrected chi connectivity index (χ3v) is 5.22. The topological polar surface area (TPSA) is 61.4 Å². The van der Waals surface area contributed by atoms with Crippen LogP contribution in [0.1, 0.15) is 31.2 Å². The van der Waals surface area contributed by atoms with Crippen molar-refractivity contribution < 1.29 is 9.59 Å². The monoisotopic (exact) mass is 393 g/mol. The molecule has 0 atom stereocenters. The fraction of sp³-hybridized carbons (Fsp3) is 0.182. The van der Waals surface area contributed by atoms with Crippen LogP contribution in [0.2, 0.25) is 0 Å². The fourth-order valence-electron chi connectivity index (χ4n) is 2.89. The number of hydrogen-bond donors (Lipinski definition) is 2. The molecule has 1 aromatic heterocycles. The summed E-state index contributed by atoms with van der Waals surface area (Å²) in [7, 11) is 3.98. The Morgan fingerprint density at radius 3 is 2.36 bits per heavy atom. The molecule has 2 aromatic carbocycles. The van der Waals surface area contributed by atoms with Gasteiger partial charge in [-0.25, -0.2) is 0 Å². The van der Waals surface area contributed by atoms with E-state index in [1.165, 1.54) is 11.3 Å². The highest BCUT2D eigenvalue weighted by Gasteiger charge is 2.09. The number of anilines is 2. The number of rotatable bonds is 6. The number of nitrogens with one attached hydrogen (secondary N) is 2. The standard InChI is InChI=1S/C22H23N3O2S/c1-15-13-18(10-11-19(15)25(2)3)24-21(26)17-8-6-16(7-9-17)14-23-22(27)20-5-4-12-28-20/h4-13H,14H2,1-3H3,(H,23,27)(H,24,26). The lowest BCUT2D eigenvalue weighted by molar-refractivity contribution is 0.0953. The average Bonchev–Trinajstić information content (AvgIpc) is 3.21. The highest BCUT2D eigenvalue weighted by Crippen LogP contribution is 2.22. The third kappa shape index (κ3) is 4.78. The molecular formula is C22H23N3O2S. The van der Waals surface area contributed by atoms with Crippen LogP contribution in [0.5, 0.6) is 0 Å². The Balaban J connectivity index is 1.59. The van der Waals surface area contributed by atoms with Crippen LogP contribution in [0.25, 0.3) is 0 Å². The molecule has 1 heterocycles. The van der Waals surface area contributed by atoms with Gasteiger partial charge in [-0.15, -0.1) is 11.3 Å². The summed E-state index contributed by atoms with van der Waals surface area (Å²) in [5.41, 5.74) is 4.49. The van der Waals surface area contributed by atoms with E-state index in [1.807, 2.05) is 67.7 Å². The second-order valence-electron chi connectivity index (χ2n) is 6.71. The van der Waals surface area contributed by atoms with Crippen LogP contribution < -0.4 is 15.5 Å². The van der Waals surface area contributed by atoms with Crippen molar-refractivity contribution in [2.75, 3.05) is 24.3 Å². The van der Waals surface area contributed by atoms with Gasteiger partial charge >= 0.3 is 0 Å². The van der Waals surface area contributed by atoms with Crippen LogP contribution in [0.4, 0.5) is 11.4 Å². The predicted octanol–water partition coefficient (Wildman–Crippen LogP) is 4.30. The van der Waals surface area contributed by atoms with Crippen LogP contribution in [-0.2, 0) is 6.54 Å². The number of benzene rings is 2. The Hall–Kier alpha value is -3.12. The summed E-state index contributed by atoms with van der Waals surface area (Å²) >= 11 is 1.41. The molecule has 3 aromatic rings. The molecule has 144 valence electrons. The molecule has 0 saturated carbocycles. The van der Waals surface area contributed by atoms with Crippen molar-refractivity contribution in [2.24, 2.45) is 0 Å². The van der Waals surface area contributed by atoms with Gasteiger partial charge in [-0.2, -0.15) is 0 Å². The molecule has 0 spiro atoms. The maximum absolute atomic E-state index is 12.5. The molecule has 0 aliphatic carbocycles. The molecule has 0 saturated heterocycles. The maximum atomic E-state index is 12.5. The number of carbonyl (C=O) groups is 2. The summed E-state index contributed by atoms with van der Waals surface area (Å²) in [4.78, 5) is 27.2. The molecule has 0 fully saturated rings. The van der Waals surface area contributed by atoms with Crippen LogP contribution in [0.15, 0.2) is 60.0 Å². The zero-order chi connectivity index (χ0) is 20.1. The first kappa shape index (κ1) is 19.6. The van der Waals surface area contributed by atoms with E-state index in [0.29, 0.717) is 17.0 Å². The summed E-state index contributed by atoms with van der Waals surface area (Å²) in [5.74, 6) is -0.250. The minimum absolute atomic E-state index is 0.0895. The molecule has 2 amide bonds. The SMILES string of the molecule is Cc1cc(NC(=O)c2ccc(CNC(=O)c3cccs3)cc2)ccc1N(C)C. The largest absolute Gasteiger partial charge is 0.377 e. The van der Waals surface area contributed by atoms with Gasteiger partial charge in [0.2, 0.25) is 0 Å². The van der Waals surface area contributed by atoms with Gasteiger partial charge in [0.15, 0.2) is 0 Å². The van der Waals surface area contributed by atoms with Crippen molar-refractivity contribution in [2.45, 2.75) is 13.5 Å². The lowest BCUT2D eigenvalue weighted by Gasteiger charge is -2.16. The maximum Gasteiger partial charge on any atom is 0.261 e. The lowest BCUT2D eigenvalue weighted by atomic mass is 10.1.